The highest BCUT2D eigenvalue weighted by Crippen LogP contribution is 2.22. The summed E-state index contributed by atoms with van der Waals surface area (Å²) in [7, 11) is 1.90. The topological polar surface area (TPSA) is 68.0 Å². The van der Waals surface area contributed by atoms with Gasteiger partial charge in [0.25, 0.3) is 0 Å². The summed E-state index contributed by atoms with van der Waals surface area (Å²) < 4.78 is 1.94. The van der Waals surface area contributed by atoms with E-state index in [4.69, 9.17) is 5.11 Å². The molecule has 0 aliphatic heterocycles. The molecule has 0 unspecified atom stereocenters. The summed E-state index contributed by atoms with van der Waals surface area (Å²) >= 11 is 0. The minimum Gasteiger partial charge on any atom is -0.481 e. The molecule has 2 aromatic heterocycles. The van der Waals surface area contributed by atoms with Crippen LogP contribution < -0.4 is 0 Å². The molecule has 1 N–H and O–H groups in total. The van der Waals surface area contributed by atoms with E-state index < -0.39 is 5.97 Å². The number of carbonyl (C=O) groups is 1. The van der Waals surface area contributed by atoms with Crippen LogP contribution in [0.2, 0.25) is 0 Å². The minimum atomic E-state index is -0.807. The molecule has 18 heavy (non-hydrogen) atoms. The Labute approximate surface area is 105 Å². The number of aromatic nitrogens is 3. The zero-order chi connectivity index (χ0) is 13.1. The van der Waals surface area contributed by atoms with E-state index in [9.17, 15) is 4.79 Å². The number of rotatable bonds is 4. The smallest absolute Gasteiger partial charge is 0.303 e. The summed E-state index contributed by atoms with van der Waals surface area (Å²) in [4.78, 5) is 19.2. The number of aliphatic carboxylic acids is 1. The van der Waals surface area contributed by atoms with Crippen molar-refractivity contribution in [1.82, 2.24) is 14.5 Å². The first kappa shape index (κ1) is 12.3. The Kier molecular flexibility index (Phi) is 3.41. The van der Waals surface area contributed by atoms with Crippen molar-refractivity contribution in [2.45, 2.75) is 19.8 Å². The molecule has 0 amide bonds. The van der Waals surface area contributed by atoms with Crippen molar-refractivity contribution < 1.29 is 9.90 Å². The molecule has 0 spiro atoms. The molecule has 2 heterocycles. The van der Waals surface area contributed by atoms with Gasteiger partial charge in [0.05, 0.1) is 12.1 Å². The minimum absolute atomic E-state index is 0.0940. The Balaban J connectivity index is 2.33. The van der Waals surface area contributed by atoms with Gasteiger partial charge in [0.1, 0.15) is 5.82 Å². The predicted octanol–water partition coefficient (Wildman–Crippen LogP) is 1.81. The van der Waals surface area contributed by atoms with E-state index in [2.05, 4.69) is 9.97 Å². The van der Waals surface area contributed by atoms with Gasteiger partial charge in [-0.2, -0.15) is 0 Å². The summed E-state index contributed by atoms with van der Waals surface area (Å²) in [5.41, 5.74) is 2.83. The Morgan fingerprint density at radius 1 is 1.50 bits per heavy atom. The van der Waals surface area contributed by atoms with Gasteiger partial charge in [-0.15, -0.1) is 0 Å². The number of imidazole rings is 1. The molecule has 0 saturated carbocycles. The normalized spacial score (nSPS) is 10.6. The van der Waals surface area contributed by atoms with Crippen LogP contribution in [0.5, 0.6) is 0 Å². The number of nitrogens with zero attached hydrogens (tertiary/aromatic N) is 3. The molecule has 2 aromatic rings. The lowest BCUT2D eigenvalue weighted by Crippen LogP contribution is -2.03. The maximum atomic E-state index is 10.6. The molecule has 0 atom stereocenters. The fraction of sp³-hybridized carbons (Fsp3) is 0.308. The molecular weight excluding hydrogens is 230 g/mol. The Morgan fingerprint density at radius 2 is 2.28 bits per heavy atom. The molecule has 0 radical (unpaired) electrons. The first-order chi connectivity index (χ1) is 8.59. The van der Waals surface area contributed by atoms with Gasteiger partial charge in [0, 0.05) is 37.1 Å². The van der Waals surface area contributed by atoms with Crippen molar-refractivity contribution in [1.29, 1.82) is 0 Å². The molecule has 5 heteroatoms. The zero-order valence-corrected chi connectivity index (χ0v) is 10.4. The van der Waals surface area contributed by atoms with Crippen LogP contribution in [0, 0.1) is 6.92 Å². The van der Waals surface area contributed by atoms with E-state index in [1.165, 1.54) is 0 Å². The number of hydrogen-bond acceptors (Lipinski definition) is 3. The van der Waals surface area contributed by atoms with Crippen LogP contribution in [0.15, 0.2) is 24.5 Å². The maximum absolute atomic E-state index is 10.6. The highest BCUT2D eigenvalue weighted by Gasteiger charge is 2.13. The second kappa shape index (κ2) is 5.00. The summed E-state index contributed by atoms with van der Waals surface area (Å²) in [5, 5.41) is 8.71. The molecule has 94 valence electrons. The molecule has 5 nitrogen and oxygen atoms in total. The average Bonchev–Trinajstić information content (AvgIpc) is 2.65. The van der Waals surface area contributed by atoms with E-state index in [-0.39, 0.29) is 6.42 Å². The summed E-state index contributed by atoms with van der Waals surface area (Å²) in [5.74, 6) is -0.0210. The van der Waals surface area contributed by atoms with E-state index in [0.29, 0.717) is 6.42 Å². The molecule has 0 aliphatic carbocycles. The quantitative estimate of drug-likeness (QED) is 0.892. The van der Waals surface area contributed by atoms with Crippen LogP contribution in [-0.4, -0.2) is 25.6 Å². The zero-order valence-electron chi connectivity index (χ0n) is 10.4. The maximum Gasteiger partial charge on any atom is 0.303 e. The van der Waals surface area contributed by atoms with Crippen molar-refractivity contribution in [3.8, 4) is 11.3 Å². The number of pyridine rings is 1. The fourth-order valence-electron chi connectivity index (χ4n) is 1.86. The fourth-order valence-corrected chi connectivity index (χ4v) is 1.86. The lowest BCUT2D eigenvalue weighted by atomic mass is 10.2. The number of carboxylic acid groups (broad SMARTS) is 1. The Bertz CT molecular complexity index is 561. The predicted molar refractivity (Wildman–Crippen MR) is 67.1 cm³/mol. The largest absolute Gasteiger partial charge is 0.481 e. The van der Waals surface area contributed by atoms with Gasteiger partial charge in [-0.05, 0) is 19.1 Å². The van der Waals surface area contributed by atoms with Crippen molar-refractivity contribution in [2.75, 3.05) is 0 Å². The first-order valence-electron chi connectivity index (χ1n) is 5.74. The Morgan fingerprint density at radius 3 is 2.89 bits per heavy atom. The second-order valence-electron chi connectivity index (χ2n) is 4.16. The van der Waals surface area contributed by atoms with Crippen LogP contribution in [0.25, 0.3) is 11.3 Å². The van der Waals surface area contributed by atoms with Gasteiger partial charge in [-0.25, -0.2) is 4.98 Å². The lowest BCUT2D eigenvalue weighted by Gasteiger charge is -2.01. The standard InChI is InChI=1S/C13H15N3O2/c1-9-13(10-4-3-7-14-8-10)15-11(16(9)2)5-6-12(17)18/h3-4,7-8H,5-6H2,1-2H3,(H,17,18). The van der Waals surface area contributed by atoms with Gasteiger partial charge in [-0.1, -0.05) is 0 Å². The van der Waals surface area contributed by atoms with E-state index in [1.807, 2.05) is 30.7 Å². The summed E-state index contributed by atoms with van der Waals surface area (Å²) in [6.07, 6.45) is 4.01. The van der Waals surface area contributed by atoms with Gasteiger partial charge < -0.3 is 9.67 Å². The molecule has 2 rings (SSSR count). The van der Waals surface area contributed by atoms with Crippen LogP contribution in [0.1, 0.15) is 17.9 Å². The van der Waals surface area contributed by atoms with Crippen LogP contribution in [0.3, 0.4) is 0 Å². The van der Waals surface area contributed by atoms with Crippen molar-refractivity contribution in [2.24, 2.45) is 7.05 Å². The lowest BCUT2D eigenvalue weighted by molar-refractivity contribution is -0.137. The molecule has 0 fully saturated rings. The van der Waals surface area contributed by atoms with Crippen LogP contribution >= 0.6 is 0 Å². The summed E-state index contributed by atoms with van der Waals surface area (Å²) in [6.45, 7) is 1.97. The van der Waals surface area contributed by atoms with Gasteiger partial charge in [0.2, 0.25) is 0 Å². The van der Waals surface area contributed by atoms with Gasteiger partial charge in [-0.3, -0.25) is 9.78 Å². The highest BCUT2D eigenvalue weighted by atomic mass is 16.4. The Hall–Kier alpha value is -2.17. The molecule has 0 saturated heterocycles. The third-order valence-corrected chi connectivity index (χ3v) is 2.97. The molecule has 0 aromatic carbocycles. The third-order valence-electron chi connectivity index (χ3n) is 2.97. The molecule has 0 bridgehead atoms. The number of aryl methyl sites for hydroxylation is 1. The SMILES string of the molecule is Cc1c(-c2cccnc2)nc(CCC(=O)O)n1C. The monoisotopic (exact) mass is 245 g/mol. The average molecular weight is 245 g/mol. The van der Waals surface area contributed by atoms with Crippen molar-refractivity contribution in [3.05, 3.63) is 36.0 Å². The van der Waals surface area contributed by atoms with Gasteiger partial charge in [0.15, 0.2) is 0 Å². The number of hydrogen-bond donors (Lipinski definition) is 1. The van der Waals surface area contributed by atoms with E-state index in [1.54, 1.807) is 12.4 Å². The second-order valence-corrected chi connectivity index (χ2v) is 4.16. The summed E-state index contributed by atoms with van der Waals surface area (Å²) in [6, 6.07) is 3.81. The van der Waals surface area contributed by atoms with Crippen LogP contribution in [0.4, 0.5) is 0 Å². The van der Waals surface area contributed by atoms with Gasteiger partial charge >= 0.3 is 5.97 Å². The first-order valence-corrected chi connectivity index (χ1v) is 5.74. The molecular formula is C13H15N3O2. The van der Waals surface area contributed by atoms with E-state index in [0.717, 1.165) is 22.8 Å². The van der Waals surface area contributed by atoms with Crippen molar-refractivity contribution >= 4 is 5.97 Å². The molecule has 0 aliphatic rings. The highest BCUT2D eigenvalue weighted by molar-refractivity contribution is 5.67. The van der Waals surface area contributed by atoms with Crippen molar-refractivity contribution in [3.63, 3.8) is 0 Å². The van der Waals surface area contributed by atoms with E-state index >= 15 is 0 Å². The number of carboxylic acids is 1. The van der Waals surface area contributed by atoms with Crippen LogP contribution in [-0.2, 0) is 18.3 Å². The third kappa shape index (κ3) is 2.40.